The molecule has 29 heavy (non-hydrogen) atoms. The van der Waals surface area contributed by atoms with Crippen LogP contribution in [0.25, 0.3) is 17.0 Å². The summed E-state index contributed by atoms with van der Waals surface area (Å²) in [5, 5.41) is 9.83. The smallest absolute Gasteiger partial charge is 0.261 e. The number of nitrogens with one attached hydrogen (secondary N) is 3. The van der Waals surface area contributed by atoms with Crippen molar-refractivity contribution in [3.05, 3.63) is 60.7 Å². The number of aromatic nitrogens is 5. The molecule has 1 saturated carbocycles. The Kier molecular flexibility index (Phi) is 4.05. The van der Waals surface area contributed by atoms with Crippen LogP contribution < -0.4 is 10.6 Å². The quantitative estimate of drug-likeness (QED) is 0.487. The van der Waals surface area contributed by atoms with Crippen LogP contribution in [0.4, 0.5) is 11.5 Å². The molecule has 5 rings (SSSR count). The standard InChI is InChI=1S/C20H17N7O2/c28-19(12-4-5-12)26-16-6-9-27-18(25-16)15(11-23-27)20(29)24-14-3-1-2-13(10-14)17-21-7-8-22-17/h1-3,6-12H,4-5H2,(H,21,22)(H,24,29)(H,25,26,28). The van der Waals surface area contributed by atoms with E-state index in [2.05, 4.69) is 30.7 Å². The maximum absolute atomic E-state index is 12.8. The van der Waals surface area contributed by atoms with Crippen molar-refractivity contribution in [1.82, 2.24) is 24.6 Å². The molecule has 3 heterocycles. The van der Waals surface area contributed by atoms with Crippen LogP contribution in [0.1, 0.15) is 23.2 Å². The highest BCUT2D eigenvalue weighted by Crippen LogP contribution is 2.30. The third-order valence-electron chi connectivity index (χ3n) is 4.71. The Bertz CT molecular complexity index is 1210. The van der Waals surface area contributed by atoms with Gasteiger partial charge in [0.25, 0.3) is 5.91 Å². The number of anilines is 2. The molecule has 4 aromatic rings. The van der Waals surface area contributed by atoms with Gasteiger partial charge in [-0.2, -0.15) is 5.10 Å². The van der Waals surface area contributed by atoms with Crippen molar-refractivity contribution in [2.24, 2.45) is 5.92 Å². The molecule has 1 fully saturated rings. The number of rotatable bonds is 5. The lowest BCUT2D eigenvalue weighted by atomic mass is 10.2. The maximum atomic E-state index is 12.8. The fourth-order valence-electron chi connectivity index (χ4n) is 3.04. The first-order chi connectivity index (χ1) is 14.2. The molecular weight excluding hydrogens is 370 g/mol. The Hall–Kier alpha value is -4.01. The third-order valence-corrected chi connectivity index (χ3v) is 4.71. The van der Waals surface area contributed by atoms with E-state index < -0.39 is 0 Å². The number of amides is 2. The van der Waals surface area contributed by atoms with E-state index in [1.807, 2.05) is 18.2 Å². The second-order valence-corrected chi connectivity index (χ2v) is 6.88. The fraction of sp³-hybridized carbons (Fsp3) is 0.150. The number of aromatic amines is 1. The van der Waals surface area contributed by atoms with Gasteiger partial charge in [-0.05, 0) is 31.0 Å². The Morgan fingerprint density at radius 1 is 1.17 bits per heavy atom. The summed E-state index contributed by atoms with van der Waals surface area (Å²) in [5.41, 5.74) is 2.17. The number of H-pyrrole nitrogens is 1. The summed E-state index contributed by atoms with van der Waals surface area (Å²) in [6.45, 7) is 0. The van der Waals surface area contributed by atoms with E-state index in [1.165, 1.54) is 10.7 Å². The largest absolute Gasteiger partial charge is 0.345 e. The third kappa shape index (κ3) is 3.45. The summed E-state index contributed by atoms with van der Waals surface area (Å²) in [7, 11) is 0. The molecule has 3 aromatic heterocycles. The van der Waals surface area contributed by atoms with Gasteiger partial charge in [0.15, 0.2) is 5.65 Å². The Labute approximate surface area is 165 Å². The molecule has 9 heteroatoms. The van der Waals surface area contributed by atoms with E-state index in [-0.39, 0.29) is 17.7 Å². The van der Waals surface area contributed by atoms with Gasteiger partial charge < -0.3 is 15.6 Å². The topological polar surface area (TPSA) is 117 Å². The van der Waals surface area contributed by atoms with Crippen LogP contribution in [0.3, 0.4) is 0 Å². The highest BCUT2D eigenvalue weighted by atomic mass is 16.2. The van der Waals surface area contributed by atoms with Crippen molar-refractivity contribution < 1.29 is 9.59 Å². The van der Waals surface area contributed by atoms with Gasteiger partial charge in [0.2, 0.25) is 5.91 Å². The van der Waals surface area contributed by atoms with E-state index in [4.69, 9.17) is 0 Å². The lowest BCUT2D eigenvalue weighted by Crippen LogP contribution is -2.15. The van der Waals surface area contributed by atoms with E-state index >= 15 is 0 Å². The molecule has 0 spiro atoms. The molecule has 1 aliphatic carbocycles. The number of carbonyl (C=O) groups excluding carboxylic acids is 2. The van der Waals surface area contributed by atoms with Crippen molar-refractivity contribution in [3.63, 3.8) is 0 Å². The van der Waals surface area contributed by atoms with Gasteiger partial charge in [0.1, 0.15) is 17.2 Å². The normalized spacial score (nSPS) is 13.4. The molecule has 0 unspecified atom stereocenters. The van der Waals surface area contributed by atoms with Crippen LogP contribution in [0.5, 0.6) is 0 Å². The molecule has 0 radical (unpaired) electrons. The Morgan fingerprint density at radius 2 is 2.07 bits per heavy atom. The van der Waals surface area contributed by atoms with Crippen molar-refractivity contribution in [2.45, 2.75) is 12.8 Å². The van der Waals surface area contributed by atoms with Crippen molar-refractivity contribution in [2.75, 3.05) is 10.6 Å². The van der Waals surface area contributed by atoms with Crippen LogP contribution >= 0.6 is 0 Å². The number of hydrogen-bond acceptors (Lipinski definition) is 5. The highest BCUT2D eigenvalue weighted by molar-refractivity contribution is 6.08. The van der Waals surface area contributed by atoms with Gasteiger partial charge in [-0.1, -0.05) is 12.1 Å². The molecule has 0 aliphatic heterocycles. The lowest BCUT2D eigenvalue weighted by molar-refractivity contribution is -0.117. The number of hydrogen-bond donors (Lipinski definition) is 3. The van der Waals surface area contributed by atoms with Crippen molar-refractivity contribution >= 4 is 29.0 Å². The minimum absolute atomic E-state index is 0.0397. The van der Waals surface area contributed by atoms with Gasteiger partial charge in [-0.3, -0.25) is 9.59 Å². The average Bonchev–Trinajstić information content (AvgIpc) is 3.27. The zero-order valence-electron chi connectivity index (χ0n) is 15.3. The molecule has 1 aliphatic rings. The summed E-state index contributed by atoms with van der Waals surface area (Å²) in [4.78, 5) is 36.5. The van der Waals surface area contributed by atoms with Gasteiger partial charge in [-0.15, -0.1) is 0 Å². The number of nitrogens with zero attached hydrogens (tertiary/aromatic N) is 4. The zero-order valence-corrected chi connectivity index (χ0v) is 15.3. The second-order valence-electron chi connectivity index (χ2n) is 6.88. The van der Waals surface area contributed by atoms with Gasteiger partial charge >= 0.3 is 0 Å². The number of imidazole rings is 1. The SMILES string of the molecule is O=C(Nc1cccc(-c2ncc[nH]2)c1)c1cnn2ccc(NC(=O)C3CC3)nc12. The van der Waals surface area contributed by atoms with Crippen molar-refractivity contribution in [3.8, 4) is 11.4 Å². The second kappa shape index (κ2) is 6.86. The Morgan fingerprint density at radius 3 is 2.86 bits per heavy atom. The molecular formula is C20H17N7O2. The van der Waals surface area contributed by atoms with E-state index in [9.17, 15) is 9.59 Å². The summed E-state index contributed by atoms with van der Waals surface area (Å²) in [6, 6.07) is 9.03. The zero-order chi connectivity index (χ0) is 19.8. The fourth-order valence-corrected chi connectivity index (χ4v) is 3.04. The number of benzene rings is 1. The van der Waals surface area contributed by atoms with Crippen LogP contribution in [0, 0.1) is 5.92 Å². The predicted molar refractivity (Wildman–Crippen MR) is 106 cm³/mol. The molecule has 0 bridgehead atoms. The van der Waals surface area contributed by atoms with Crippen LogP contribution in [0.2, 0.25) is 0 Å². The molecule has 0 atom stereocenters. The summed E-state index contributed by atoms with van der Waals surface area (Å²) >= 11 is 0. The summed E-state index contributed by atoms with van der Waals surface area (Å²) in [6.07, 6.45) is 8.35. The number of carbonyl (C=O) groups is 2. The van der Waals surface area contributed by atoms with Crippen LogP contribution in [-0.2, 0) is 4.79 Å². The van der Waals surface area contributed by atoms with Crippen LogP contribution in [-0.4, -0.2) is 36.4 Å². The van der Waals surface area contributed by atoms with Gasteiger partial charge in [-0.25, -0.2) is 14.5 Å². The molecule has 144 valence electrons. The highest BCUT2D eigenvalue weighted by Gasteiger charge is 2.30. The van der Waals surface area contributed by atoms with E-state index in [0.29, 0.717) is 22.7 Å². The van der Waals surface area contributed by atoms with E-state index in [1.54, 1.807) is 30.7 Å². The molecule has 0 saturated heterocycles. The minimum atomic E-state index is -0.338. The first-order valence-corrected chi connectivity index (χ1v) is 9.24. The monoisotopic (exact) mass is 387 g/mol. The molecule has 9 nitrogen and oxygen atoms in total. The van der Waals surface area contributed by atoms with Crippen molar-refractivity contribution in [1.29, 1.82) is 0 Å². The minimum Gasteiger partial charge on any atom is -0.345 e. The maximum Gasteiger partial charge on any atom is 0.261 e. The lowest BCUT2D eigenvalue weighted by Gasteiger charge is -2.07. The first-order valence-electron chi connectivity index (χ1n) is 9.24. The van der Waals surface area contributed by atoms with E-state index in [0.717, 1.165) is 24.2 Å². The van der Waals surface area contributed by atoms with Crippen LogP contribution in [0.15, 0.2) is 55.1 Å². The van der Waals surface area contributed by atoms with Gasteiger partial charge in [0.05, 0.1) is 6.20 Å². The first kappa shape index (κ1) is 17.1. The average molecular weight is 387 g/mol. The summed E-state index contributed by atoms with van der Waals surface area (Å²) < 4.78 is 1.50. The molecule has 2 amide bonds. The summed E-state index contributed by atoms with van der Waals surface area (Å²) in [5.74, 6) is 0.817. The van der Waals surface area contributed by atoms with Gasteiger partial charge in [0, 0.05) is 35.8 Å². The Balaban J connectivity index is 1.39. The molecule has 1 aromatic carbocycles. The predicted octanol–water partition coefficient (Wildman–Crippen LogP) is 2.72. The molecule has 3 N–H and O–H groups in total. The number of fused-ring (bicyclic) bond motifs is 1.